The number of benzene rings is 1. The van der Waals surface area contributed by atoms with Gasteiger partial charge in [-0.2, -0.15) is 0 Å². The van der Waals surface area contributed by atoms with Crippen molar-refractivity contribution < 1.29 is 14.3 Å². The van der Waals surface area contributed by atoms with Crippen LogP contribution in [0.5, 0.6) is 0 Å². The molecule has 2 unspecified atom stereocenters. The second kappa shape index (κ2) is 9.33. The van der Waals surface area contributed by atoms with Crippen molar-refractivity contribution in [3.8, 4) is 0 Å². The van der Waals surface area contributed by atoms with Crippen LogP contribution in [0, 0.1) is 0 Å². The van der Waals surface area contributed by atoms with Crippen molar-refractivity contribution in [1.29, 1.82) is 0 Å². The van der Waals surface area contributed by atoms with Crippen molar-refractivity contribution in [2.45, 2.75) is 50.9 Å². The average Bonchev–Trinajstić information content (AvgIpc) is 2.99. The number of carbonyl (C=O) groups excluding carboxylic acids is 2. The van der Waals surface area contributed by atoms with Gasteiger partial charge in [0.25, 0.3) is 5.91 Å². The van der Waals surface area contributed by atoms with Gasteiger partial charge in [-0.3, -0.25) is 4.79 Å². The van der Waals surface area contributed by atoms with E-state index >= 15 is 0 Å². The summed E-state index contributed by atoms with van der Waals surface area (Å²) in [5.41, 5.74) is 0.439. The average molecular weight is 370 g/mol. The van der Waals surface area contributed by atoms with E-state index in [4.69, 9.17) is 16.3 Å². The summed E-state index contributed by atoms with van der Waals surface area (Å²) < 4.78 is 5.36. The van der Waals surface area contributed by atoms with Crippen LogP contribution in [0.25, 0.3) is 0 Å². The van der Waals surface area contributed by atoms with Crippen LogP contribution in [-0.2, 0) is 9.53 Å². The lowest BCUT2D eigenvalue weighted by molar-refractivity contribution is -0.148. The first-order chi connectivity index (χ1) is 11.6. The molecule has 1 amide bonds. The maximum absolute atomic E-state index is 13.0. The van der Waals surface area contributed by atoms with E-state index in [2.05, 4.69) is 6.92 Å². The van der Waals surface area contributed by atoms with Crippen LogP contribution in [0.1, 0.15) is 49.9 Å². The molecule has 0 spiro atoms. The summed E-state index contributed by atoms with van der Waals surface area (Å²) in [6, 6.07) is 6.44. The zero-order valence-electron chi connectivity index (χ0n) is 14.2. The van der Waals surface area contributed by atoms with Crippen LogP contribution in [0.2, 0.25) is 5.02 Å². The quantitative estimate of drug-likeness (QED) is 0.529. The summed E-state index contributed by atoms with van der Waals surface area (Å²) in [5, 5.41) is 0.398. The Morgan fingerprint density at radius 3 is 2.71 bits per heavy atom. The van der Waals surface area contributed by atoms with E-state index in [0.29, 0.717) is 22.9 Å². The summed E-state index contributed by atoms with van der Waals surface area (Å²) in [7, 11) is 0. The molecule has 0 N–H and O–H groups in total. The second-order valence-electron chi connectivity index (χ2n) is 5.81. The molecule has 0 aromatic heterocycles. The Hall–Kier alpha value is -1.20. The molecule has 0 aliphatic carbocycles. The predicted octanol–water partition coefficient (Wildman–Crippen LogP) is 4.37. The van der Waals surface area contributed by atoms with Crippen LogP contribution < -0.4 is 0 Å². The molecule has 1 fully saturated rings. The van der Waals surface area contributed by atoms with E-state index < -0.39 is 6.04 Å². The fourth-order valence-corrected chi connectivity index (χ4v) is 4.40. The van der Waals surface area contributed by atoms with Crippen molar-refractivity contribution in [3.63, 3.8) is 0 Å². The van der Waals surface area contributed by atoms with Gasteiger partial charge in [0.05, 0.1) is 22.6 Å². The smallest absolute Gasteiger partial charge is 0.329 e. The number of carbonyl (C=O) groups is 2. The Morgan fingerprint density at radius 2 is 2.04 bits per heavy atom. The van der Waals surface area contributed by atoms with Crippen LogP contribution in [-0.4, -0.2) is 40.6 Å². The Morgan fingerprint density at radius 1 is 1.29 bits per heavy atom. The molecule has 6 heteroatoms. The maximum Gasteiger partial charge on any atom is 0.329 e. The SMILES string of the molecule is CCCCOC(=O)C1CSC(CCC)N1C(=O)c1ccccc1Cl. The predicted molar refractivity (Wildman–Crippen MR) is 98.4 cm³/mol. The second-order valence-corrected chi connectivity index (χ2v) is 7.42. The normalized spacial score (nSPS) is 20.2. The number of nitrogens with zero attached hydrogens (tertiary/aromatic N) is 1. The number of esters is 1. The molecule has 0 saturated carbocycles. The molecule has 0 bridgehead atoms. The number of hydrogen-bond acceptors (Lipinski definition) is 4. The molecule has 1 aliphatic rings. The Balaban J connectivity index is 2.20. The van der Waals surface area contributed by atoms with Gasteiger partial charge in [0.1, 0.15) is 6.04 Å². The molecular weight excluding hydrogens is 346 g/mol. The molecule has 1 saturated heterocycles. The summed E-state index contributed by atoms with van der Waals surface area (Å²) >= 11 is 7.82. The zero-order chi connectivity index (χ0) is 17.5. The van der Waals surface area contributed by atoms with Crippen LogP contribution in [0.3, 0.4) is 0 Å². The molecule has 1 aliphatic heterocycles. The standard InChI is InChI=1S/C18H24ClNO3S/c1-3-5-11-23-18(22)15-12-24-16(8-4-2)20(15)17(21)13-9-6-7-10-14(13)19/h6-7,9-10,15-16H,3-5,8,11-12H2,1-2H3. The number of hydrogen-bond donors (Lipinski definition) is 0. The largest absolute Gasteiger partial charge is 0.464 e. The number of thioether (sulfide) groups is 1. The Bertz CT molecular complexity index is 581. The van der Waals surface area contributed by atoms with Gasteiger partial charge in [-0.05, 0) is 25.0 Å². The van der Waals surface area contributed by atoms with Crippen molar-refractivity contribution in [2.24, 2.45) is 0 Å². The van der Waals surface area contributed by atoms with Crippen molar-refractivity contribution in [3.05, 3.63) is 34.9 Å². The highest BCUT2D eigenvalue weighted by molar-refractivity contribution is 8.00. The van der Waals surface area contributed by atoms with Gasteiger partial charge in [0, 0.05) is 5.75 Å². The van der Waals surface area contributed by atoms with Crippen molar-refractivity contribution in [2.75, 3.05) is 12.4 Å². The van der Waals surface area contributed by atoms with Crippen LogP contribution in [0.15, 0.2) is 24.3 Å². The number of halogens is 1. The number of rotatable bonds is 7. The van der Waals surface area contributed by atoms with Gasteiger partial charge >= 0.3 is 5.97 Å². The first kappa shape index (κ1) is 19.1. The molecule has 1 aromatic carbocycles. The van der Waals surface area contributed by atoms with Crippen LogP contribution in [0.4, 0.5) is 0 Å². The van der Waals surface area contributed by atoms with E-state index in [1.165, 1.54) is 0 Å². The summed E-state index contributed by atoms with van der Waals surface area (Å²) in [4.78, 5) is 27.1. The molecule has 132 valence electrons. The number of unbranched alkanes of at least 4 members (excludes halogenated alkanes) is 1. The number of ether oxygens (including phenoxy) is 1. The molecular formula is C18H24ClNO3S. The van der Waals surface area contributed by atoms with E-state index in [1.54, 1.807) is 40.9 Å². The van der Waals surface area contributed by atoms with Gasteiger partial charge in [0.15, 0.2) is 0 Å². The fourth-order valence-electron chi connectivity index (χ4n) is 2.67. The van der Waals surface area contributed by atoms with Crippen molar-refractivity contribution in [1.82, 2.24) is 4.90 Å². The van der Waals surface area contributed by atoms with Gasteiger partial charge < -0.3 is 9.64 Å². The molecule has 4 nitrogen and oxygen atoms in total. The monoisotopic (exact) mass is 369 g/mol. The third-order valence-electron chi connectivity index (χ3n) is 3.98. The molecule has 0 radical (unpaired) electrons. The van der Waals surface area contributed by atoms with Gasteiger partial charge in [0.2, 0.25) is 0 Å². The van der Waals surface area contributed by atoms with E-state index in [0.717, 1.165) is 25.7 Å². The molecule has 1 aromatic rings. The highest BCUT2D eigenvalue weighted by Crippen LogP contribution is 2.35. The lowest BCUT2D eigenvalue weighted by Gasteiger charge is -2.28. The van der Waals surface area contributed by atoms with E-state index in [1.807, 2.05) is 6.92 Å². The summed E-state index contributed by atoms with van der Waals surface area (Å²) in [5.74, 6) is 0.0719. The van der Waals surface area contributed by atoms with E-state index in [9.17, 15) is 9.59 Å². The number of amides is 1. The Kier molecular flexibility index (Phi) is 7.43. The molecule has 1 heterocycles. The molecule has 24 heavy (non-hydrogen) atoms. The third kappa shape index (κ3) is 4.45. The fraction of sp³-hybridized carbons (Fsp3) is 0.556. The highest BCUT2D eigenvalue weighted by Gasteiger charge is 2.42. The summed E-state index contributed by atoms with van der Waals surface area (Å²) in [6.45, 7) is 4.53. The minimum atomic E-state index is -0.535. The minimum Gasteiger partial charge on any atom is -0.464 e. The lowest BCUT2D eigenvalue weighted by Crippen LogP contribution is -2.46. The molecule has 2 atom stereocenters. The van der Waals surface area contributed by atoms with Gasteiger partial charge in [-0.15, -0.1) is 11.8 Å². The van der Waals surface area contributed by atoms with Crippen molar-refractivity contribution >= 4 is 35.2 Å². The minimum absolute atomic E-state index is 0.0116. The Labute approximate surface area is 152 Å². The third-order valence-corrected chi connectivity index (χ3v) is 5.67. The first-order valence-corrected chi connectivity index (χ1v) is 9.88. The van der Waals surface area contributed by atoms with Gasteiger partial charge in [-0.25, -0.2) is 4.79 Å². The highest BCUT2D eigenvalue weighted by atomic mass is 35.5. The van der Waals surface area contributed by atoms with E-state index in [-0.39, 0.29) is 17.3 Å². The topological polar surface area (TPSA) is 46.6 Å². The van der Waals surface area contributed by atoms with Crippen LogP contribution >= 0.6 is 23.4 Å². The summed E-state index contributed by atoms with van der Waals surface area (Å²) in [6.07, 6.45) is 3.59. The first-order valence-electron chi connectivity index (χ1n) is 8.45. The maximum atomic E-state index is 13.0. The lowest BCUT2D eigenvalue weighted by atomic mass is 10.1. The van der Waals surface area contributed by atoms with Gasteiger partial charge in [-0.1, -0.05) is 50.4 Å². The molecule has 2 rings (SSSR count). The zero-order valence-corrected chi connectivity index (χ0v) is 15.7.